The van der Waals surface area contributed by atoms with Crippen molar-refractivity contribution in [1.82, 2.24) is 5.32 Å². The molecule has 0 radical (unpaired) electrons. The van der Waals surface area contributed by atoms with Crippen LogP contribution in [-0.2, 0) is 9.84 Å². The van der Waals surface area contributed by atoms with Gasteiger partial charge in [0, 0.05) is 17.3 Å². The summed E-state index contributed by atoms with van der Waals surface area (Å²) in [7, 11) is -1.72. The van der Waals surface area contributed by atoms with Crippen molar-refractivity contribution >= 4 is 33.0 Å². The number of sulfone groups is 1. The summed E-state index contributed by atoms with van der Waals surface area (Å²) in [6.07, 6.45) is 1.21. The van der Waals surface area contributed by atoms with Crippen LogP contribution in [0, 0.1) is 0 Å². The Hall–Kier alpha value is -0.490. The summed E-state index contributed by atoms with van der Waals surface area (Å²) < 4.78 is 28.7. The predicted octanol–water partition coefficient (Wildman–Crippen LogP) is 3.09. The lowest BCUT2D eigenvalue weighted by molar-refractivity contribution is 0.414. The Labute approximate surface area is 130 Å². The molecular formula is C13H19Cl2NO3S. The van der Waals surface area contributed by atoms with Crippen molar-refractivity contribution in [3.63, 3.8) is 0 Å². The van der Waals surface area contributed by atoms with E-state index < -0.39 is 21.1 Å². The fraction of sp³-hybridized carbons (Fsp3) is 0.538. The van der Waals surface area contributed by atoms with Crippen molar-refractivity contribution in [3.05, 3.63) is 27.7 Å². The number of hydrogen-bond acceptors (Lipinski definition) is 4. The molecule has 1 rings (SSSR count). The molecule has 0 aliphatic carbocycles. The molecule has 0 aliphatic rings. The first-order valence-electron chi connectivity index (χ1n) is 6.17. The maximum absolute atomic E-state index is 11.8. The summed E-state index contributed by atoms with van der Waals surface area (Å²) >= 11 is 12.3. The molecule has 0 bridgehead atoms. The van der Waals surface area contributed by atoms with E-state index in [2.05, 4.69) is 5.32 Å². The maximum atomic E-state index is 11.8. The summed E-state index contributed by atoms with van der Waals surface area (Å²) in [5, 5.41) is 3.35. The minimum atomic E-state index is -3.21. The molecule has 0 saturated carbocycles. The van der Waals surface area contributed by atoms with Crippen LogP contribution in [0.3, 0.4) is 0 Å². The van der Waals surface area contributed by atoms with Gasteiger partial charge in [0.1, 0.15) is 5.75 Å². The molecule has 1 aromatic rings. The van der Waals surface area contributed by atoms with E-state index in [1.54, 1.807) is 19.1 Å². The van der Waals surface area contributed by atoms with Crippen LogP contribution in [0.4, 0.5) is 0 Å². The second kappa shape index (κ2) is 6.98. The fourth-order valence-corrected chi connectivity index (χ4v) is 3.19. The molecule has 4 nitrogen and oxygen atoms in total. The first-order chi connectivity index (χ1) is 9.22. The molecule has 2 unspecified atom stereocenters. The zero-order chi connectivity index (χ0) is 15.5. The van der Waals surface area contributed by atoms with Crippen LogP contribution in [0.5, 0.6) is 5.75 Å². The second-order valence-corrected chi connectivity index (χ2v) is 7.80. The number of halogens is 2. The first kappa shape index (κ1) is 17.6. The lowest BCUT2D eigenvalue weighted by atomic mass is 10.0. The summed E-state index contributed by atoms with van der Waals surface area (Å²) in [4.78, 5) is 0. The van der Waals surface area contributed by atoms with E-state index in [0.717, 1.165) is 0 Å². The Kier molecular flexibility index (Phi) is 6.13. The van der Waals surface area contributed by atoms with E-state index in [0.29, 0.717) is 27.9 Å². The van der Waals surface area contributed by atoms with Crippen molar-refractivity contribution in [2.45, 2.75) is 25.1 Å². The molecule has 20 heavy (non-hydrogen) atoms. The molecule has 0 spiro atoms. The third kappa shape index (κ3) is 4.01. The van der Waals surface area contributed by atoms with Gasteiger partial charge in [0.05, 0.1) is 23.4 Å². The third-order valence-corrected chi connectivity index (χ3v) is 5.42. The Balaban J connectivity index is 3.32. The quantitative estimate of drug-likeness (QED) is 0.865. The molecular weight excluding hydrogens is 321 g/mol. The van der Waals surface area contributed by atoms with Gasteiger partial charge in [-0.1, -0.05) is 30.1 Å². The number of rotatable bonds is 6. The molecule has 1 N–H and O–H groups in total. The Bertz CT molecular complexity index is 575. The SMILES string of the molecule is CCNC(c1cc(Cl)c(OC)cc1Cl)C(C)S(C)(=O)=O. The van der Waals surface area contributed by atoms with Gasteiger partial charge in [-0.05, 0) is 25.1 Å². The summed E-state index contributed by atoms with van der Waals surface area (Å²) in [5.74, 6) is 0.461. The fourth-order valence-electron chi connectivity index (χ4n) is 1.93. The highest BCUT2D eigenvalue weighted by Crippen LogP contribution is 2.36. The number of methoxy groups -OCH3 is 1. The highest BCUT2D eigenvalue weighted by atomic mass is 35.5. The average molecular weight is 340 g/mol. The molecule has 2 atom stereocenters. The molecule has 0 aromatic heterocycles. The normalized spacial score (nSPS) is 14.9. The van der Waals surface area contributed by atoms with Crippen molar-refractivity contribution < 1.29 is 13.2 Å². The third-order valence-electron chi connectivity index (χ3n) is 3.17. The number of benzene rings is 1. The monoisotopic (exact) mass is 339 g/mol. The molecule has 0 fully saturated rings. The summed E-state index contributed by atoms with van der Waals surface area (Å²) in [6, 6.07) is 2.82. The van der Waals surface area contributed by atoms with Gasteiger partial charge < -0.3 is 10.1 Å². The van der Waals surface area contributed by atoms with Gasteiger partial charge in [0.2, 0.25) is 0 Å². The number of nitrogens with one attached hydrogen (secondary N) is 1. The van der Waals surface area contributed by atoms with Crippen molar-refractivity contribution in [2.24, 2.45) is 0 Å². The smallest absolute Gasteiger partial charge is 0.151 e. The average Bonchev–Trinajstić information content (AvgIpc) is 2.36. The second-order valence-electron chi connectivity index (χ2n) is 4.58. The van der Waals surface area contributed by atoms with E-state index in [4.69, 9.17) is 27.9 Å². The standard InChI is InChI=1S/C13H19Cl2NO3S/c1-5-16-13(8(2)20(4,17)18)9-6-11(15)12(19-3)7-10(9)14/h6-8,13,16H,5H2,1-4H3. The van der Waals surface area contributed by atoms with Crippen molar-refractivity contribution in [2.75, 3.05) is 19.9 Å². The summed E-state index contributed by atoms with van der Waals surface area (Å²) in [5.41, 5.74) is 0.650. The van der Waals surface area contributed by atoms with E-state index in [1.165, 1.54) is 13.4 Å². The molecule has 1 aromatic carbocycles. The molecule has 0 heterocycles. The van der Waals surface area contributed by atoms with Crippen LogP contribution in [0.1, 0.15) is 25.5 Å². The van der Waals surface area contributed by atoms with Crippen LogP contribution in [0.15, 0.2) is 12.1 Å². The Morgan fingerprint density at radius 1 is 1.30 bits per heavy atom. The molecule has 0 amide bonds. The topological polar surface area (TPSA) is 55.4 Å². The first-order valence-corrected chi connectivity index (χ1v) is 8.88. The van der Waals surface area contributed by atoms with Crippen LogP contribution >= 0.6 is 23.2 Å². The van der Waals surface area contributed by atoms with Gasteiger partial charge in [-0.3, -0.25) is 0 Å². The lowest BCUT2D eigenvalue weighted by Crippen LogP contribution is -2.35. The zero-order valence-corrected chi connectivity index (χ0v) is 14.2. The Morgan fingerprint density at radius 3 is 2.35 bits per heavy atom. The Morgan fingerprint density at radius 2 is 1.90 bits per heavy atom. The van der Waals surface area contributed by atoms with Gasteiger partial charge in [0.15, 0.2) is 9.84 Å². The van der Waals surface area contributed by atoms with Crippen LogP contribution in [0.2, 0.25) is 10.0 Å². The largest absolute Gasteiger partial charge is 0.495 e. The van der Waals surface area contributed by atoms with Crippen molar-refractivity contribution in [3.8, 4) is 5.75 Å². The van der Waals surface area contributed by atoms with E-state index >= 15 is 0 Å². The minimum absolute atomic E-state index is 0.399. The van der Waals surface area contributed by atoms with E-state index in [9.17, 15) is 8.42 Å². The molecule has 0 saturated heterocycles. The number of ether oxygens (including phenoxy) is 1. The minimum Gasteiger partial charge on any atom is -0.495 e. The maximum Gasteiger partial charge on any atom is 0.151 e. The lowest BCUT2D eigenvalue weighted by Gasteiger charge is -2.25. The van der Waals surface area contributed by atoms with Crippen LogP contribution in [0.25, 0.3) is 0 Å². The summed E-state index contributed by atoms with van der Waals surface area (Å²) in [6.45, 7) is 4.17. The molecule has 7 heteroatoms. The predicted molar refractivity (Wildman–Crippen MR) is 83.7 cm³/mol. The van der Waals surface area contributed by atoms with Gasteiger partial charge in [-0.2, -0.15) is 0 Å². The van der Waals surface area contributed by atoms with Gasteiger partial charge in [-0.25, -0.2) is 8.42 Å². The molecule has 0 aliphatic heterocycles. The van der Waals surface area contributed by atoms with Crippen LogP contribution < -0.4 is 10.1 Å². The number of hydrogen-bond donors (Lipinski definition) is 1. The van der Waals surface area contributed by atoms with E-state index in [1.807, 2.05) is 6.92 Å². The van der Waals surface area contributed by atoms with Gasteiger partial charge >= 0.3 is 0 Å². The van der Waals surface area contributed by atoms with Gasteiger partial charge in [-0.15, -0.1) is 0 Å². The van der Waals surface area contributed by atoms with Gasteiger partial charge in [0.25, 0.3) is 0 Å². The molecule has 114 valence electrons. The zero-order valence-electron chi connectivity index (χ0n) is 11.9. The highest BCUT2D eigenvalue weighted by Gasteiger charge is 2.29. The van der Waals surface area contributed by atoms with E-state index in [-0.39, 0.29) is 0 Å². The highest BCUT2D eigenvalue weighted by molar-refractivity contribution is 7.91. The van der Waals surface area contributed by atoms with Crippen LogP contribution in [-0.4, -0.2) is 33.6 Å². The van der Waals surface area contributed by atoms with Crippen molar-refractivity contribution in [1.29, 1.82) is 0 Å².